The molecular formula is C24H21N3O5. The van der Waals surface area contributed by atoms with Crippen molar-refractivity contribution < 1.29 is 19.2 Å². The topological polar surface area (TPSA) is 93.0 Å². The van der Waals surface area contributed by atoms with Crippen molar-refractivity contribution in [3.63, 3.8) is 0 Å². The third-order valence-electron chi connectivity index (χ3n) is 5.32. The molecule has 0 saturated carbocycles. The number of nitro benzene ring substituents is 1. The molecule has 2 amide bonds. The molecule has 1 heterocycles. The molecule has 162 valence electrons. The molecule has 0 atom stereocenters. The molecule has 0 aromatic heterocycles. The fraction of sp³-hybridized carbons (Fsp3) is 0.167. The van der Waals surface area contributed by atoms with E-state index in [2.05, 4.69) is 4.90 Å². The summed E-state index contributed by atoms with van der Waals surface area (Å²) in [5, 5.41) is 11.5. The lowest BCUT2D eigenvalue weighted by molar-refractivity contribution is -0.384. The summed E-state index contributed by atoms with van der Waals surface area (Å²) >= 11 is 0. The van der Waals surface area contributed by atoms with E-state index in [1.807, 2.05) is 32.0 Å². The Kier molecular flexibility index (Phi) is 5.59. The quantitative estimate of drug-likeness (QED) is 0.296. The number of carbonyl (C=O) groups excluding carboxylic acids is 2. The van der Waals surface area contributed by atoms with Gasteiger partial charge in [0.1, 0.15) is 11.5 Å². The lowest BCUT2D eigenvalue weighted by Crippen LogP contribution is -2.29. The maximum atomic E-state index is 12.8. The summed E-state index contributed by atoms with van der Waals surface area (Å²) in [6.45, 7) is 5.74. The number of fused-ring (bicyclic) bond motifs is 1. The Morgan fingerprint density at radius 2 is 1.53 bits per heavy atom. The minimum Gasteiger partial charge on any atom is -0.457 e. The van der Waals surface area contributed by atoms with E-state index in [9.17, 15) is 19.7 Å². The average Bonchev–Trinajstić information content (AvgIpc) is 3.05. The Bertz CT molecular complexity index is 1180. The van der Waals surface area contributed by atoms with Crippen molar-refractivity contribution in [1.82, 2.24) is 0 Å². The minimum atomic E-state index is -0.582. The number of imide groups is 1. The van der Waals surface area contributed by atoms with E-state index in [4.69, 9.17) is 4.74 Å². The van der Waals surface area contributed by atoms with Gasteiger partial charge in [0.15, 0.2) is 0 Å². The molecule has 8 heteroatoms. The van der Waals surface area contributed by atoms with Crippen LogP contribution in [-0.2, 0) is 0 Å². The van der Waals surface area contributed by atoms with Crippen LogP contribution < -0.4 is 14.5 Å². The number of benzene rings is 3. The second-order valence-electron chi connectivity index (χ2n) is 7.21. The smallest absolute Gasteiger partial charge is 0.275 e. The Hall–Kier alpha value is -4.20. The number of non-ortho nitro benzene ring substituents is 1. The maximum absolute atomic E-state index is 12.8. The van der Waals surface area contributed by atoms with Crippen molar-refractivity contribution in [2.45, 2.75) is 13.8 Å². The maximum Gasteiger partial charge on any atom is 0.275 e. The molecule has 3 aromatic rings. The van der Waals surface area contributed by atoms with E-state index in [0.29, 0.717) is 5.75 Å². The van der Waals surface area contributed by atoms with Gasteiger partial charge in [-0.2, -0.15) is 0 Å². The number of nitro groups is 1. The Morgan fingerprint density at radius 1 is 0.875 bits per heavy atom. The predicted octanol–water partition coefficient (Wildman–Crippen LogP) is 5.03. The molecule has 1 aliphatic rings. The predicted molar refractivity (Wildman–Crippen MR) is 121 cm³/mol. The Balaban J connectivity index is 1.72. The Morgan fingerprint density at radius 3 is 2.12 bits per heavy atom. The number of hydrogen-bond donors (Lipinski definition) is 0. The second-order valence-corrected chi connectivity index (χ2v) is 7.21. The molecule has 32 heavy (non-hydrogen) atoms. The first-order valence-corrected chi connectivity index (χ1v) is 10.2. The van der Waals surface area contributed by atoms with E-state index in [1.54, 1.807) is 30.3 Å². The highest BCUT2D eigenvalue weighted by Gasteiger charge is 2.37. The van der Waals surface area contributed by atoms with Crippen molar-refractivity contribution in [3.05, 3.63) is 88.0 Å². The summed E-state index contributed by atoms with van der Waals surface area (Å²) in [7, 11) is 0. The molecule has 0 N–H and O–H groups in total. The van der Waals surface area contributed by atoms with Crippen molar-refractivity contribution in [1.29, 1.82) is 0 Å². The molecule has 0 unspecified atom stereocenters. The zero-order chi connectivity index (χ0) is 22.8. The molecule has 3 aromatic carbocycles. The summed E-state index contributed by atoms with van der Waals surface area (Å²) in [6, 6.07) is 17.7. The van der Waals surface area contributed by atoms with E-state index in [0.717, 1.165) is 23.7 Å². The number of rotatable bonds is 7. The zero-order valence-corrected chi connectivity index (χ0v) is 17.6. The van der Waals surface area contributed by atoms with Gasteiger partial charge in [-0.25, -0.2) is 4.90 Å². The highest BCUT2D eigenvalue weighted by molar-refractivity contribution is 6.34. The first-order valence-electron chi connectivity index (χ1n) is 10.2. The van der Waals surface area contributed by atoms with Crippen LogP contribution in [-0.4, -0.2) is 29.8 Å². The minimum absolute atomic E-state index is 0.0836. The Labute approximate surface area is 184 Å². The number of amides is 2. The number of carbonyl (C=O) groups is 2. The fourth-order valence-electron chi connectivity index (χ4n) is 3.75. The summed E-state index contributed by atoms with van der Waals surface area (Å²) in [6.07, 6.45) is 0. The van der Waals surface area contributed by atoms with Gasteiger partial charge in [-0.3, -0.25) is 19.7 Å². The highest BCUT2D eigenvalue weighted by atomic mass is 16.6. The van der Waals surface area contributed by atoms with Gasteiger partial charge in [-0.15, -0.1) is 0 Å². The van der Waals surface area contributed by atoms with Crippen molar-refractivity contribution >= 4 is 28.9 Å². The van der Waals surface area contributed by atoms with Crippen LogP contribution in [0.1, 0.15) is 34.6 Å². The van der Waals surface area contributed by atoms with E-state index in [-0.39, 0.29) is 28.3 Å². The molecule has 0 fully saturated rings. The number of anilines is 2. The first-order chi connectivity index (χ1) is 15.4. The van der Waals surface area contributed by atoms with Crippen LogP contribution in [0.15, 0.2) is 66.7 Å². The summed E-state index contributed by atoms with van der Waals surface area (Å²) < 4.78 is 5.92. The van der Waals surface area contributed by atoms with Gasteiger partial charge < -0.3 is 9.64 Å². The third kappa shape index (κ3) is 3.78. The van der Waals surface area contributed by atoms with Crippen LogP contribution >= 0.6 is 0 Å². The van der Waals surface area contributed by atoms with E-state index in [1.165, 1.54) is 18.2 Å². The summed E-state index contributed by atoms with van der Waals surface area (Å²) in [5.74, 6) is -0.410. The summed E-state index contributed by atoms with van der Waals surface area (Å²) in [4.78, 5) is 39.7. The monoisotopic (exact) mass is 431 g/mol. The molecule has 0 saturated heterocycles. The molecule has 0 spiro atoms. The molecule has 4 rings (SSSR count). The van der Waals surface area contributed by atoms with Crippen LogP contribution in [0.3, 0.4) is 0 Å². The number of nitrogens with zero attached hydrogens (tertiary/aromatic N) is 3. The standard InChI is InChI=1S/C24H21N3O5/c1-3-25(4-2)16-8-7-9-19(13-16)32-20-14-17(12-18(15-20)27(30)31)26-23(28)21-10-5-6-11-22(21)24(26)29/h5-15H,3-4H2,1-2H3. The average molecular weight is 431 g/mol. The zero-order valence-electron chi connectivity index (χ0n) is 17.6. The lowest BCUT2D eigenvalue weighted by Gasteiger charge is -2.21. The van der Waals surface area contributed by atoms with Crippen molar-refractivity contribution in [2.24, 2.45) is 0 Å². The molecule has 8 nitrogen and oxygen atoms in total. The van der Waals surface area contributed by atoms with Gasteiger partial charge in [0.25, 0.3) is 17.5 Å². The number of ether oxygens (including phenoxy) is 1. The normalized spacial score (nSPS) is 12.6. The third-order valence-corrected chi connectivity index (χ3v) is 5.32. The molecule has 0 aliphatic carbocycles. The van der Waals surface area contributed by atoms with Crippen molar-refractivity contribution in [2.75, 3.05) is 22.9 Å². The highest BCUT2D eigenvalue weighted by Crippen LogP contribution is 2.36. The van der Waals surface area contributed by atoms with E-state index >= 15 is 0 Å². The van der Waals surface area contributed by atoms with Gasteiger partial charge >= 0.3 is 0 Å². The van der Waals surface area contributed by atoms with Gasteiger partial charge in [0, 0.05) is 37.0 Å². The molecule has 0 bridgehead atoms. The lowest BCUT2D eigenvalue weighted by atomic mass is 10.1. The molecule has 1 aliphatic heterocycles. The van der Waals surface area contributed by atoms with E-state index < -0.39 is 16.7 Å². The van der Waals surface area contributed by atoms with Gasteiger partial charge in [0.2, 0.25) is 0 Å². The van der Waals surface area contributed by atoms with Crippen molar-refractivity contribution in [3.8, 4) is 11.5 Å². The van der Waals surface area contributed by atoms with Crippen LogP contribution in [0.5, 0.6) is 11.5 Å². The van der Waals surface area contributed by atoms with Gasteiger partial charge in [-0.05, 0) is 38.1 Å². The second kappa shape index (κ2) is 8.50. The molecule has 0 radical (unpaired) electrons. The van der Waals surface area contributed by atoms with Gasteiger partial charge in [0.05, 0.1) is 27.8 Å². The fourth-order valence-corrected chi connectivity index (χ4v) is 3.75. The first kappa shape index (κ1) is 21.0. The van der Waals surface area contributed by atoms with Crippen LogP contribution in [0.4, 0.5) is 17.1 Å². The van der Waals surface area contributed by atoms with Gasteiger partial charge in [-0.1, -0.05) is 18.2 Å². The van der Waals surface area contributed by atoms with Crippen LogP contribution in [0.25, 0.3) is 0 Å². The largest absolute Gasteiger partial charge is 0.457 e. The molecular weight excluding hydrogens is 410 g/mol. The summed E-state index contributed by atoms with van der Waals surface area (Å²) in [5.41, 5.74) is 1.28. The van der Waals surface area contributed by atoms with Crippen LogP contribution in [0.2, 0.25) is 0 Å². The number of hydrogen-bond acceptors (Lipinski definition) is 6. The SMILES string of the molecule is CCN(CC)c1cccc(Oc2cc(N3C(=O)c4ccccc4C3=O)cc([N+](=O)[O-])c2)c1. The van der Waals surface area contributed by atoms with Crippen LogP contribution in [0, 0.1) is 10.1 Å².